The molecule has 0 saturated carbocycles. The minimum absolute atomic E-state index is 0.295. The first kappa shape index (κ1) is 12.7. The van der Waals surface area contributed by atoms with Gasteiger partial charge in [-0.1, -0.05) is 25.1 Å². The van der Waals surface area contributed by atoms with E-state index in [1.54, 1.807) is 0 Å². The van der Waals surface area contributed by atoms with Gasteiger partial charge in [-0.3, -0.25) is 0 Å². The number of rotatable bonds is 5. The van der Waals surface area contributed by atoms with Gasteiger partial charge >= 0.3 is 0 Å². The minimum Gasteiger partial charge on any atom is -0.459 e. The molecular formula is C16H21NO2. The summed E-state index contributed by atoms with van der Waals surface area (Å²) < 4.78 is 11.5. The minimum atomic E-state index is 0.295. The van der Waals surface area contributed by atoms with Crippen molar-refractivity contribution in [1.82, 2.24) is 5.32 Å². The van der Waals surface area contributed by atoms with E-state index in [1.807, 2.05) is 12.1 Å². The molecule has 1 saturated heterocycles. The number of fused-ring (bicyclic) bond motifs is 1. The van der Waals surface area contributed by atoms with E-state index < -0.39 is 0 Å². The van der Waals surface area contributed by atoms with Crippen LogP contribution < -0.4 is 5.32 Å². The normalized spacial score (nSPS) is 21.0. The van der Waals surface area contributed by atoms with Crippen LogP contribution in [0.4, 0.5) is 0 Å². The summed E-state index contributed by atoms with van der Waals surface area (Å²) >= 11 is 0. The second-order valence-corrected chi connectivity index (χ2v) is 5.26. The molecule has 3 nitrogen and oxygen atoms in total. The van der Waals surface area contributed by atoms with Gasteiger partial charge in [0.05, 0.1) is 6.04 Å². The molecule has 1 N–H and O–H groups in total. The first-order chi connectivity index (χ1) is 9.36. The quantitative estimate of drug-likeness (QED) is 0.892. The molecule has 0 radical (unpaired) electrons. The molecule has 2 atom stereocenters. The maximum atomic E-state index is 5.99. The molecule has 0 amide bonds. The van der Waals surface area contributed by atoms with Gasteiger partial charge in [-0.2, -0.15) is 0 Å². The molecule has 2 heterocycles. The monoisotopic (exact) mass is 259 g/mol. The molecular weight excluding hydrogens is 238 g/mol. The van der Waals surface area contributed by atoms with E-state index in [4.69, 9.17) is 9.15 Å². The molecule has 1 aromatic carbocycles. The first-order valence-corrected chi connectivity index (χ1v) is 7.16. The van der Waals surface area contributed by atoms with Crippen molar-refractivity contribution in [3.63, 3.8) is 0 Å². The average molecular weight is 259 g/mol. The van der Waals surface area contributed by atoms with Gasteiger partial charge in [0.25, 0.3) is 0 Å². The van der Waals surface area contributed by atoms with Crippen molar-refractivity contribution >= 4 is 11.0 Å². The van der Waals surface area contributed by atoms with E-state index in [1.165, 1.54) is 11.8 Å². The molecule has 0 bridgehead atoms. The van der Waals surface area contributed by atoms with Crippen molar-refractivity contribution < 1.29 is 9.15 Å². The third kappa shape index (κ3) is 2.82. The van der Waals surface area contributed by atoms with Crippen LogP contribution in [0.1, 0.15) is 31.6 Å². The Kier molecular flexibility index (Phi) is 3.85. The molecule has 1 fully saturated rings. The van der Waals surface area contributed by atoms with Gasteiger partial charge in [0.1, 0.15) is 11.3 Å². The van der Waals surface area contributed by atoms with Gasteiger partial charge in [-0.25, -0.2) is 0 Å². The van der Waals surface area contributed by atoms with Gasteiger partial charge in [-0.05, 0) is 37.4 Å². The Hall–Kier alpha value is -1.32. The maximum Gasteiger partial charge on any atom is 0.134 e. The standard InChI is InChI=1S/C16H21NO2/c1-2-17-14(9-12-7-8-18-11-12)16-10-13-5-3-4-6-15(13)19-16/h3-6,10,12,14,17H,2,7-9,11H2,1H3. The highest BCUT2D eigenvalue weighted by Gasteiger charge is 2.23. The summed E-state index contributed by atoms with van der Waals surface area (Å²) in [7, 11) is 0. The first-order valence-electron chi connectivity index (χ1n) is 7.16. The van der Waals surface area contributed by atoms with Crippen molar-refractivity contribution in [1.29, 1.82) is 0 Å². The molecule has 1 aromatic heterocycles. The zero-order chi connectivity index (χ0) is 13.1. The van der Waals surface area contributed by atoms with E-state index in [2.05, 4.69) is 30.4 Å². The van der Waals surface area contributed by atoms with Crippen molar-refractivity contribution in [2.75, 3.05) is 19.8 Å². The molecule has 102 valence electrons. The van der Waals surface area contributed by atoms with Gasteiger partial charge in [-0.15, -0.1) is 0 Å². The lowest BCUT2D eigenvalue weighted by Gasteiger charge is -2.18. The smallest absolute Gasteiger partial charge is 0.134 e. The van der Waals surface area contributed by atoms with E-state index >= 15 is 0 Å². The van der Waals surface area contributed by atoms with Crippen LogP contribution in [-0.4, -0.2) is 19.8 Å². The molecule has 3 rings (SSSR count). The fourth-order valence-corrected chi connectivity index (χ4v) is 2.82. The van der Waals surface area contributed by atoms with Gasteiger partial charge < -0.3 is 14.5 Å². The molecule has 2 unspecified atom stereocenters. The van der Waals surface area contributed by atoms with Crippen molar-refractivity contribution in [2.45, 2.75) is 25.8 Å². The lowest BCUT2D eigenvalue weighted by molar-refractivity contribution is 0.180. The van der Waals surface area contributed by atoms with Gasteiger partial charge in [0.2, 0.25) is 0 Å². The zero-order valence-corrected chi connectivity index (χ0v) is 11.4. The third-order valence-electron chi connectivity index (χ3n) is 3.83. The Morgan fingerprint density at radius 2 is 2.26 bits per heavy atom. The Bertz CT molecular complexity index is 495. The van der Waals surface area contributed by atoms with E-state index in [-0.39, 0.29) is 0 Å². The van der Waals surface area contributed by atoms with Crippen LogP contribution in [0.2, 0.25) is 0 Å². The predicted molar refractivity (Wildman–Crippen MR) is 76.2 cm³/mol. The Morgan fingerprint density at radius 3 is 3.00 bits per heavy atom. The highest BCUT2D eigenvalue weighted by molar-refractivity contribution is 5.77. The summed E-state index contributed by atoms with van der Waals surface area (Å²) in [6.45, 7) is 4.89. The van der Waals surface area contributed by atoms with Gasteiger partial charge in [0, 0.05) is 18.6 Å². The summed E-state index contributed by atoms with van der Waals surface area (Å²) in [6.07, 6.45) is 2.26. The molecule has 1 aliphatic rings. The molecule has 3 heteroatoms. The number of hydrogen-bond acceptors (Lipinski definition) is 3. The third-order valence-corrected chi connectivity index (χ3v) is 3.83. The lowest BCUT2D eigenvalue weighted by Crippen LogP contribution is -2.23. The maximum absolute atomic E-state index is 5.99. The van der Waals surface area contributed by atoms with Crippen LogP contribution in [0.3, 0.4) is 0 Å². The Labute approximate surface area is 113 Å². The molecule has 0 aliphatic carbocycles. The van der Waals surface area contributed by atoms with Crippen LogP contribution in [-0.2, 0) is 4.74 Å². The summed E-state index contributed by atoms with van der Waals surface area (Å²) in [4.78, 5) is 0. The number of nitrogens with one attached hydrogen (secondary N) is 1. The van der Waals surface area contributed by atoms with E-state index in [0.717, 1.165) is 37.5 Å². The van der Waals surface area contributed by atoms with Crippen LogP contribution in [0.5, 0.6) is 0 Å². The number of ether oxygens (including phenoxy) is 1. The van der Waals surface area contributed by atoms with Crippen molar-refractivity contribution in [3.05, 3.63) is 36.1 Å². The average Bonchev–Trinajstić information content (AvgIpc) is 3.06. The predicted octanol–water partition coefficient (Wildman–Crippen LogP) is 3.51. The van der Waals surface area contributed by atoms with E-state index in [0.29, 0.717) is 12.0 Å². The second kappa shape index (κ2) is 5.76. The lowest BCUT2D eigenvalue weighted by atomic mass is 9.97. The fraction of sp³-hybridized carbons (Fsp3) is 0.500. The van der Waals surface area contributed by atoms with Gasteiger partial charge in [0.15, 0.2) is 0 Å². The summed E-state index contributed by atoms with van der Waals surface area (Å²) in [5, 5.41) is 4.72. The summed E-state index contributed by atoms with van der Waals surface area (Å²) in [6, 6.07) is 10.7. The van der Waals surface area contributed by atoms with Crippen molar-refractivity contribution in [2.24, 2.45) is 5.92 Å². The van der Waals surface area contributed by atoms with Crippen LogP contribution in [0, 0.1) is 5.92 Å². The number of para-hydroxylation sites is 1. The Balaban J connectivity index is 1.81. The van der Waals surface area contributed by atoms with Crippen molar-refractivity contribution in [3.8, 4) is 0 Å². The molecule has 1 aliphatic heterocycles. The highest BCUT2D eigenvalue weighted by atomic mass is 16.5. The number of furan rings is 1. The fourth-order valence-electron chi connectivity index (χ4n) is 2.82. The second-order valence-electron chi connectivity index (χ2n) is 5.26. The topological polar surface area (TPSA) is 34.4 Å². The molecule has 19 heavy (non-hydrogen) atoms. The van der Waals surface area contributed by atoms with Crippen LogP contribution >= 0.6 is 0 Å². The molecule has 0 spiro atoms. The highest BCUT2D eigenvalue weighted by Crippen LogP contribution is 2.30. The summed E-state index contributed by atoms with van der Waals surface area (Å²) in [5.74, 6) is 1.70. The largest absolute Gasteiger partial charge is 0.459 e. The SMILES string of the molecule is CCNC(CC1CCOC1)c1cc2ccccc2o1. The van der Waals surface area contributed by atoms with Crippen LogP contribution in [0.15, 0.2) is 34.7 Å². The number of hydrogen-bond donors (Lipinski definition) is 1. The molecule has 2 aromatic rings. The van der Waals surface area contributed by atoms with Crippen LogP contribution in [0.25, 0.3) is 11.0 Å². The number of benzene rings is 1. The summed E-state index contributed by atoms with van der Waals surface area (Å²) in [5.41, 5.74) is 0.975. The Morgan fingerprint density at radius 1 is 1.37 bits per heavy atom. The van der Waals surface area contributed by atoms with E-state index in [9.17, 15) is 0 Å². The zero-order valence-electron chi connectivity index (χ0n) is 11.4.